The zero-order chi connectivity index (χ0) is 21.1. The summed E-state index contributed by atoms with van der Waals surface area (Å²) in [5, 5.41) is 9.80. The van der Waals surface area contributed by atoms with E-state index in [0.717, 1.165) is 5.56 Å². The lowest BCUT2D eigenvalue weighted by Gasteiger charge is -2.09. The van der Waals surface area contributed by atoms with Gasteiger partial charge >= 0.3 is 5.91 Å². The highest BCUT2D eigenvalue weighted by Gasteiger charge is 2.18. The summed E-state index contributed by atoms with van der Waals surface area (Å²) in [7, 11) is 0. The van der Waals surface area contributed by atoms with Crippen molar-refractivity contribution in [1.29, 1.82) is 0 Å². The number of carbonyl (C=O) groups is 1. The van der Waals surface area contributed by atoms with Crippen LogP contribution in [0.25, 0.3) is 11.3 Å². The number of aromatic nitrogens is 3. The molecule has 2 heterocycles. The Morgan fingerprint density at radius 3 is 2.70 bits per heavy atom. The molecule has 0 aliphatic heterocycles. The first kappa shape index (κ1) is 20.5. The van der Waals surface area contributed by atoms with E-state index in [1.165, 1.54) is 11.8 Å². The van der Waals surface area contributed by atoms with Gasteiger partial charge in [0.2, 0.25) is 5.16 Å². The quantitative estimate of drug-likeness (QED) is 0.368. The third-order valence-electron chi connectivity index (χ3n) is 4.24. The average Bonchev–Trinajstić information content (AvgIpc) is 3.37. The molecule has 9 heteroatoms. The van der Waals surface area contributed by atoms with Crippen molar-refractivity contribution in [2.75, 3.05) is 5.43 Å². The lowest BCUT2D eigenvalue weighted by atomic mass is 10.2. The molecule has 0 bridgehead atoms. The topological polar surface area (TPSA) is 73.0 Å². The molecule has 152 valence electrons. The SMILES string of the molecule is Cc1nnc(SCc2ccccc2)n1NC(=O)c1ccc(-c2cc(Cl)ccc2Cl)o1. The molecule has 0 fully saturated rings. The van der Waals surface area contributed by atoms with Crippen molar-refractivity contribution < 1.29 is 9.21 Å². The van der Waals surface area contributed by atoms with Crippen LogP contribution in [0, 0.1) is 6.92 Å². The van der Waals surface area contributed by atoms with Crippen molar-refractivity contribution in [1.82, 2.24) is 14.9 Å². The smallest absolute Gasteiger partial charge is 0.305 e. The average molecular weight is 459 g/mol. The van der Waals surface area contributed by atoms with Crippen LogP contribution in [0.3, 0.4) is 0 Å². The van der Waals surface area contributed by atoms with Crippen LogP contribution in [0.5, 0.6) is 0 Å². The molecule has 2 aromatic carbocycles. The van der Waals surface area contributed by atoms with Crippen LogP contribution in [-0.4, -0.2) is 20.8 Å². The van der Waals surface area contributed by atoms with Gasteiger partial charge in [-0.1, -0.05) is 65.3 Å². The minimum absolute atomic E-state index is 0.133. The summed E-state index contributed by atoms with van der Waals surface area (Å²) in [5.41, 5.74) is 4.54. The number of hydrogen-bond donors (Lipinski definition) is 1. The molecule has 6 nitrogen and oxygen atoms in total. The van der Waals surface area contributed by atoms with Gasteiger partial charge in [-0.25, -0.2) is 4.68 Å². The Bertz CT molecular complexity index is 1190. The van der Waals surface area contributed by atoms with E-state index in [1.54, 1.807) is 41.9 Å². The summed E-state index contributed by atoms with van der Waals surface area (Å²) in [6.07, 6.45) is 0. The number of aryl methyl sites for hydroxylation is 1. The lowest BCUT2D eigenvalue weighted by Crippen LogP contribution is -2.24. The van der Waals surface area contributed by atoms with Gasteiger partial charge in [-0.05, 0) is 42.8 Å². The van der Waals surface area contributed by atoms with Gasteiger partial charge in [0.1, 0.15) is 11.6 Å². The summed E-state index contributed by atoms with van der Waals surface area (Å²) < 4.78 is 7.26. The Labute approximate surface area is 187 Å². The molecule has 0 spiro atoms. The Morgan fingerprint density at radius 2 is 1.90 bits per heavy atom. The number of halogens is 2. The van der Waals surface area contributed by atoms with Crippen LogP contribution < -0.4 is 5.43 Å². The Hall–Kier alpha value is -2.74. The van der Waals surface area contributed by atoms with E-state index in [0.29, 0.717) is 38.1 Å². The molecule has 0 saturated heterocycles. The second-order valence-electron chi connectivity index (χ2n) is 6.37. The van der Waals surface area contributed by atoms with Gasteiger partial charge < -0.3 is 4.42 Å². The molecule has 0 aliphatic rings. The highest BCUT2D eigenvalue weighted by molar-refractivity contribution is 7.98. The van der Waals surface area contributed by atoms with Gasteiger partial charge in [0.25, 0.3) is 0 Å². The standard InChI is InChI=1S/C21H16Cl2N4O2S/c1-13-24-25-21(30-12-14-5-3-2-4-6-14)27(13)26-20(28)19-10-9-18(29-19)16-11-15(22)7-8-17(16)23/h2-11H,12H2,1H3,(H,26,28). The number of nitrogens with zero attached hydrogens (tertiary/aromatic N) is 3. The van der Waals surface area contributed by atoms with E-state index in [2.05, 4.69) is 15.6 Å². The molecule has 1 N–H and O–H groups in total. The van der Waals surface area contributed by atoms with E-state index in [1.807, 2.05) is 30.3 Å². The normalized spacial score (nSPS) is 10.9. The second kappa shape index (κ2) is 8.95. The fourth-order valence-electron chi connectivity index (χ4n) is 2.73. The number of amides is 1. The first-order valence-electron chi connectivity index (χ1n) is 8.96. The fourth-order valence-corrected chi connectivity index (χ4v) is 4.01. The Kier molecular flexibility index (Phi) is 6.13. The molecule has 0 unspecified atom stereocenters. The number of thioether (sulfide) groups is 1. The molecule has 4 aromatic rings. The van der Waals surface area contributed by atoms with Crippen molar-refractivity contribution in [2.24, 2.45) is 0 Å². The maximum Gasteiger partial charge on any atom is 0.305 e. The van der Waals surface area contributed by atoms with Crippen LogP contribution in [0.4, 0.5) is 0 Å². The number of hydrogen-bond acceptors (Lipinski definition) is 5. The molecule has 0 radical (unpaired) electrons. The fraction of sp³-hybridized carbons (Fsp3) is 0.0952. The third kappa shape index (κ3) is 4.53. The predicted molar refractivity (Wildman–Crippen MR) is 119 cm³/mol. The molecule has 0 aliphatic carbocycles. The highest BCUT2D eigenvalue weighted by Crippen LogP contribution is 2.32. The summed E-state index contributed by atoms with van der Waals surface area (Å²) in [5.74, 6) is 1.42. The molecular formula is C21H16Cl2N4O2S. The van der Waals surface area contributed by atoms with Crippen LogP contribution in [0.15, 0.2) is 70.2 Å². The summed E-state index contributed by atoms with van der Waals surface area (Å²) in [4.78, 5) is 12.7. The summed E-state index contributed by atoms with van der Waals surface area (Å²) >= 11 is 13.7. The zero-order valence-corrected chi connectivity index (χ0v) is 18.1. The molecular weight excluding hydrogens is 443 g/mol. The maximum absolute atomic E-state index is 12.7. The number of carbonyl (C=O) groups excluding carboxylic acids is 1. The van der Waals surface area contributed by atoms with Gasteiger partial charge in [0.15, 0.2) is 5.76 Å². The van der Waals surface area contributed by atoms with Gasteiger partial charge in [-0.2, -0.15) is 0 Å². The van der Waals surface area contributed by atoms with Crippen LogP contribution in [-0.2, 0) is 5.75 Å². The van der Waals surface area contributed by atoms with Crippen LogP contribution in [0.1, 0.15) is 21.9 Å². The van der Waals surface area contributed by atoms with E-state index in [-0.39, 0.29) is 5.76 Å². The molecule has 0 saturated carbocycles. The Morgan fingerprint density at radius 1 is 1.10 bits per heavy atom. The van der Waals surface area contributed by atoms with Crippen molar-refractivity contribution in [3.05, 3.63) is 87.9 Å². The first-order chi connectivity index (χ1) is 14.5. The van der Waals surface area contributed by atoms with Gasteiger partial charge in [0.05, 0.1) is 5.02 Å². The minimum atomic E-state index is -0.427. The molecule has 30 heavy (non-hydrogen) atoms. The Balaban J connectivity index is 1.50. The number of benzene rings is 2. The van der Waals surface area contributed by atoms with E-state index in [4.69, 9.17) is 27.6 Å². The number of furan rings is 1. The molecule has 2 aromatic heterocycles. The van der Waals surface area contributed by atoms with Crippen LogP contribution >= 0.6 is 35.0 Å². The van der Waals surface area contributed by atoms with E-state index >= 15 is 0 Å². The molecule has 1 amide bonds. The lowest BCUT2D eigenvalue weighted by molar-refractivity contribution is 0.0980. The van der Waals surface area contributed by atoms with Crippen molar-refractivity contribution in [3.63, 3.8) is 0 Å². The zero-order valence-electron chi connectivity index (χ0n) is 15.8. The van der Waals surface area contributed by atoms with Gasteiger partial charge in [0, 0.05) is 16.3 Å². The van der Waals surface area contributed by atoms with Crippen molar-refractivity contribution >= 4 is 40.9 Å². The summed E-state index contributed by atoms with van der Waals surface area (Å²) in [6.45, 7) is 1.76. The number of nitrogens with one attached hydrogen (secondary N) is 1. The van der Waals surface area contributed by atoms with Crippen molar-refractivity contribution in [2.45, 2.75) is 17.8 Å². The van der Waals surface area contributed by atoms with Crippen molar-refractivity contribution in [3.8, 4) is 11.3 Å². The summed E-state index contributed by atoms with van der Waals surface area (Å²) in [6, 6.07) is 18.3. The second-order valence-corrected chi connectivity index (χ2v) is 8.15. The molecule has 0 atom stereocenters. The molecule has 4 rings (SSSR count). The minimum Gasteiger partial charge on any atom is -0.451 e. The monoisotopic (exact) mass is 458 g/mol. The largest absolute Gasteiger partial charge is 0.451 e. The third-order valence-corrected chi connectivity index (χ3v) is 5.81. The van der Waals surface area contributed by atoms with Crippen LogP contribution in [0.2, 0.25) is 10.0 Å². The predicted octanol–water partition coefficient (Wildman–Crippen LogP) is 5.83. The first-order valence-corrected chi connectivity index (χ1v) is 10.7. The van der Waals surface area contributed by atoms with Gasteiger partial charge in [-0.3, -0.25) is 10.2 Å². The van der Waals surface area contributed by atoms with Gasteiger partial charge in [-0.15, -0.1) is 10.2 Å². The van der Waals surface area contributed by atoms with E-state index < -0.39 is 5.91 Å². The maximum atomic E-state index is 12.7. The number of rotatable bonds is 6. The highest BCUT2D eigenvalue weighted by atomic mass is 35.5. The van der Waals surface area contributed by atoms with E-state index in [9.17, 15) is 4.79 Å².